The number of H-pyrrole nitrogens is 2. The molecule has 0 radical (unpaired) electrons. The van der Waals surface area contributed by atoms with Gasteiger partial charge in [0.05, 0.1) is 22.5 Å². The first-order valence-corrected chi connectivity index (χ1v) is 11.0. The topological polar surface area (TPSA) is 144 Å². The average molecular weight is 423 g/mol. The minimum absolute atomic E-state index is 0.00840. The van der Waals surface area contributed by atoms with E-state index in [1.165, 1.54) is 18.2 Å². The number of nitrogens with zero attached hydrogens (tertiary/aromatic N) is 1. The van der Waals surface area contributed by atoms with Gasteiger partial charge in [-0.15, -0.1) is 0 Å². The molecule has 0 spiro atoms. The molecule has 1 fully saturated rings. The number of aromatic amines is 2. The van der Waals surface area contributed by atoms with Gasteiger partial charge in [0.1, 0.15) is 0 Å². The molecule has 4 N–H and O–H groups in total. The van der Waals surface area contributed by atoms with Crippen molar-refractivity contribution in [2.24, 2.45) is 0 Å². The summed E-state index contributed by atoms with van der Waals surface area (Å²) < 4.78 is 28.1. The number of amides is 1. The molecule has 0 atom stereocenters. The Hall–Kier alpha value is -2.50. The molecule has 1 saturated heterocycles. The summed E-state index contributed by atoms with van der Waals surface area (Å²) in [6, 6.07) is 3.91. The van der Waals surface area contributed by atoms with Gasteiger partial charge in [0.2, 0.25) is 15.9 Å². The third-order valence-corrected chi connectivity index (χ3v) is 6.37. The van der Waals surface area contributed by atoms with Crippen molar-refractivity contribution in [2.75, 3.05) is 26.2 Å². The van der Waals surface area contributed by atoms with Crippen LogP contribution in [-0.2, 0) is 14.8 Å². The van der Waals surface area contributed by atoms with Crippen LogP contribution in [-0.4, -0.2) is 61.4 Å². The molecular formula is C18H25N5O5S. The molecule has 0 aliphatic carbocycles. The maximum Gasteiger partial charge on any atom is 0.314 e. The van der Waals surface area contributed by atoms with E-state index in [4.69, 9.17) is 0 Å². The molecular weight excluding hydrogens is 398 g/mol. The molecule has 1 aliphatic heterocycles. The van der Waals surface area contributed by atoms with Gasteiger partial charge in [0, 0.05) is 25.7 Å². The number of aromatic nitrogens is 2. The molecule has 0 saturated carbocycles. The molecule has 158 valence electrons. The van der Waals surface area contributed by atoms with Crippen LogP contribution in [0.5, 0.6) is 0 Å². The molecule has 3 rings (SSSR count). The largest absolute Gasteiger partial charge is 0.355 e. The van der Waals surface area contributed by atoms with Gasteiger partial charge >= 0.3 is 11.1 Å². The van der Waals surface area contributed by atoms with E-state index in [9.17, 15) is 22.8 Å². The lowest BCUT2D eigenvalue weighted by Gasteiger charge is -2.31. The fourth-order valence-electron chi connectivity index (χ4n) is 3.28. The highest BCUT2D eigenvalue weighted by atomic mass is 32.2. The number of sulfonamides is 1. The molecule has 2 aromatic rings. The van der Waals surface area contributed by atoms with Crippen molar-refractivity contribution in [3.8, 4) is 0 Å². The number of nitrogens with one attached hydrogen (secondary N) is 4. The average Bonchev–Trinajstić information content (AvgIpc) is 2.68. The molecule has 1 aliphatic rings. The molecule has 1 aromatic carbocycles. The zero-order valence-corrected chi connectivity index (χ0v) is 17.0. The molecule has 29 heavy (non-hydrogen) atoms. The third kappa shape index (κ3) is 5.31. The second-order valence-corrected chi connectivity index (χ2v) is 8.85. The summed E-state index contributed by atoms with van der Waals surface area (Å²) in [5, 5.41) is 2.83. The summed E-state index contributed by atoms with van der Waals surface area (Å²) in [5.74, 6) is -0.0194. The zero-order chi connectivity index (χ0) is 21.0. The van der Waals surface area contributed by atoms with Crippen molar-refractivity contribution >= 4 is 27.0 Å². The lowest BCUT2D eigenvalue weighted by atomic mass is 10.1. The van der Waals surface area contributed by atoms with E-state index in [2.05, 4.69) is 20.0 Å². The van der Waals surface area contributed by atoms with Crippen molar-refractivity contribution in [3.05, 3.63) is 38.9 Å². The summed E-state index contributed by atoms with van der Waals surface area (Å²) in [7, 11) is -3.79. The predicted molar refractivity (Wildman–Crippen MR) is 108 cm³/mol. The maximum absolute atomic E-state index is 12.7. The summed E-state index contributed by atoms with van der Waals surface area (Å²) >= 11 is 0. The van der Waals surface area contributed by atoms with Crippen LogP contribution in [0.15, 0.2) is 32.7 Å². The Bertz CT molecular complexity index is 1100. The van der Waals surface area contributed by atoms with Crippen molar-refractivity contribution in [3.63, 3.8) is 0 Å². The first-order valence-electron chi connectivity index (χ1n) is 9.56. The molecule has 2 heterocycles. The summed E-state index contributed by atoms with van der Waals surface area (Å²) in [4.78, 5) is 41.4. The van der Waals surface area contributed by atoms with Gasteiger partial charge in [-0.3, -0.25) is 19.3 Å². The highest BCUT2D eigenvalue weighted by Gasteiger charge is 2.25. The number of carbonyl (C=O) groups is 1. The second-order valence-electron chi connectivity index (χ2n) is 7.14. The second kappa shape index (κ2) is 8.89. The van der Waals surface area contributed by atoms with Crippen LogP contribution < -0.4 is 21.2 Å². The lowest BCUT2D eigenvalue weighted by molar-refractivity contribution is -0.122. The predicted octanol–water partition coefficient (Wildman–Crippen LogP) is -0.515. The van der Waals surface area contributed by atoms with Crippen molar-refractivity contribution in [2.45, 2.75) is 37.1 Å². The number of likely N-dealkylation sites (tertiary alicyclic amines) is 1. The number of hydrogen-bond acceptors (Lipinski definition) is 6. The van der Waals surface area contributed by atoms with E-state index in [0.717, 1.165) is 6.42 Å². The fraction of sp³-hybridized carbons (Fsp3) is 0.500. The van der Waals surface area contributed by atoms with E-state index in [1.54, 1.807) is 0 Å². The number of carbonyl (C=O) groups excluding carboxylic acids is 1. The molecule has 11 heteroatoms. The molecule has 1 aromatic heterocycles. The van der Waals surface area contributed by atoms with Gasteiger partial charge < -0.3 is 15.3 Å². The van der Waals surface area contributed by atoms with Crippen molar-refractivity contribution in [1.29, 1.82) is 0 Å². The van der Waals surface area contributed by atoms with Crippen LogP contribution in [0.3, 0.4) is 0 Å². The summed E-state index contributed by atoms with van der Waals surface area (Å²) in [6.07, 6.45) is 2.07. The van der Waals surface area contributed by atoms with E-state index in [1.807, 2.05) is 11.8 Å². The van der Waals surface area contributed by atoms with Gasteiger partial charge in [-0.2, -0.15) is 0 Å². The monoisotopic (exact) mass is 423 g/mol. The number of hydrogen-bond donors (Lipinski definition) is 4. The molecule has 0 unspecified atom stereocenters. The first kappa shape index (κ1) is 21.2. The zero-order valence-electron chi connectivity index (χ0n) is 16.2. The highest BCUT2D eigenvalue weighted by molar-refractivity contribution is 7.89. The van der Waals surface area contributed by atoms with Gasteiger partial charge in [0.25, 0.3) is 0 Å². The highest BCUT2D eigenvalue weighted by Crippen LogP contribution is 2.17. The third-order valence-electron chi connectivity index (χ3n) is 4.85. The SMILES string of the molecule is CCCNC(=O)CN1CCC(NS(=O)(=O)c2ccc3[nH]c(=O)c(=O)[nH]c3c2)CC1. The van der Waals surface area contributed by atoms with Crippen LogP contribution in [0.4, 0.5) is 0 Å². The number of piperidine rings is 1. The normalized spacial score (nSPS) is 16.2. The van der Waals surface area contributed by atoms with E-state index < -0.39 is 21.1 Å². The summed E-state index contributed by atoms with van der Waals surface area (Å²) in [6.45, 7) is 4.21. The Labute approximate surface area is 167 Å². The Morgan fingerprint density at radius 1 is 1.14 bits per heavy atom. The van der Waals surface area contributed by atoms with Gasteiger partial charge in [-0.05, 0) is 37.5 Å². The van der Waals surface area contributed by atoms with E-state index in [-0.39, 0.29) is 22.4 Å². The smallest absolute Gasteiger partial charge is 0.314 e. The molecule has 10 nitrogen and oxygen atoms in total. The number of fused-ring (bicyclic) bond motifs is 1. The summed E-state index contributed by atoms with van der Waals surface area (Å²) in [5.41, 5.74) is -1.04. The maximum atomic E-state index is 12.7. The van der Waals surface area contributed by atoms with Gasteiger partial charge in [-0.1, -0.05) is 6.92 Å². The van der Waals surface area contributed by atoms with E-state index >= 15 is 0 Å². The van der Waals surface area contributed by atoms with Crippen LogP contribution in [0.1, 0.15) is 26.2 Å². The van der Waals surface area contributed by atoms with E-state index in [0.29, 0.717) is 44.5 Å². The minimum atomic E-state index is -3.79. The number of benzene rings is 1. The Kier molecular flexibility index (Phi) is 6.50. The lowest BCUT2D eigenvalue weighted by Crippen LogP contribution is -2.47. The van der Waals surface area contributed by atoms with Crippen LogP contribution in [0.2, 0.25) is 0 Å². The minimum Gasteiger partial charge on any atom is -0.355 e. The van der Waals surface area contributed by atoms with Gasteiger partial charge in [-0.25, -0.2) is 13.1 Å². The van der Waals surface area contributed by atoms with Crippen LogP contribution in [0.25, 0.3) is 11.0 Å². The molecule has 0 bridgehead atoms. The Morgan fingerprint density at radius 3 is 2.45 bits per heavy atom. The van der Waals surface area contributed by atoms with Crippen LogP contribution in [0, 0.1) is 0 Å². The standard InChI is InChI=1S/C18H25N5O5S/c1-2-7-19-16(24)11-23-8-5-12(6-9-23)22-29(27,28)13-3-4-14-15(10-13)21-18(26)17(25)20-14/h3-4,10,12,22H,2,5-9,11H2,1H3,(H,19,24)(H,20,25)(H,21,26). The van der Waals surface area contributed by atoms with Crippen LogP contribution >= 0.6 is 0 Å². The Balaban J connectivity index is 1.62. The number of rotatable bonds is 7. The van der Waals surface area contributed by atoms with Crippen molar-refractivity contribution < 1.29 is 13.2 Å². The first-order chi connectivity index (χ1) is 13.8. The van der Waals surface area contributed by atoms with Gasteiger partial charge in [0.15, 0.2) is 0 Å². The fourth-order valence-corrected chi connectivity index (χ4v) is 4.61. The molecule has 1 amide bonds. The Morgan fingerprint density at radius 2 is 1.79 bits per heavy atom. The van der Waals surface area contributed by atoms with Crippen molar-refractivity contribution in [1.82, 2.24) is 24.9 Å². The quantitative estimate of drug-likeness (QED) is 0.441.